The van der Waals surface area contributed by atoms with Crippen LogP contribution >= 0.6 is 11.6 Å². The summed E-state index contributed by atoms with van der Waals surface area (Å²) < 4.78 is 0. The molecule has 4 rings (SSSR count). The molecule has 1 fully saturated rings. The lowest BCUT2D eigenvalue weighted by Gasteiger charge is -2.27. The second-order valence-electron chi connectivity index (χ2n) is 9.02. The van der Waals surface area contributed by atoms with Crippen LogP contribution in [0, 0.1) is 6.92 Å². The van der Waals surface area contributed by atoms with Crippen LogP contribution < -0.4 is 4.90 Å². The van der Waals surface area contributed by atoms with Crippen molar-refractivity contribution in [2.24, 2.45) is 0 Å². The third kappa shape index (κ3) is 6.02. The van der Waals surface area contributed by atoms with Gasteiger partial charge in [-0.3, -0.25) is 9.59 Å². The Kier molecular flexibility index (Phi) is 8.54. The standard InChI is InChI=1S/C28H32ClN5O2/c1-3-15-34(28(36)22-10-5-4-9-21(22)2)20-27(35)33-17-8-16-32(18-19-33)26-14-13-25(30-31-26)23-11-6-7-12-24(23)29/h4-7,9-14H,3,8,15-20H2,1-2H3. The van der Waals surface area contributed by atoms with E-state index in [-0.39, 0.29) is 18.4 Å². The number of amides is 2. The number of aromatic nitrogens is 2. The highest BCUT2D eigenvalue weighted by Crippen LogP contribution is 2.26. The van der Waals surface area contributed by atoms with Crippen LogP contribution in [0.3, 0.4) is 0 Å². The molecule has 8 heteroatoms. The maximum absolute atomic E-state index is 13.2. The molecule has 1 aliphatic heterocycles. The van der Waals surface area contributed by atoms with E-state index in [4.69, 9.17) is 11.6 Å². The maximum Gasteiger partial charge on any atom is 0.254 e. The molecular formula is C28H32ClN5O2. The summed E-state index contributed by atoms with van der Waals surface area (Å²) in [5.74, 6) is 0.670. The molecule has 0 aliphatic carbocycles. The van der Waals surface area contributed by atoms with Crippen LogP contribution in [0.15, 0.2) is 60.7 Å². The minimum Gasteiger partial charge on any atom is -0.353 e. The summed E-state index contributed by atoms with van der Waals surface area (Å²) in [6.45, 7) is 7.25. The predicted molar refractivity (Wildman–Crippen MR) is 143 cm³/mol. The highest BCUT2D eigenvalue weighted by molar-refractivity contribution is 6.33. The fourth-order valence-corrected chi connectivity index (χ4v) is 4.70. The summed E-state index contributed by atoms with van der Waals surface area (Å²) >= 11 is 6.29. The number of halogens is 1. The predicted octanol–water partition coefficient (Wildman–Crippen LogP) is 4.70. The van der Waals surface area contributed by atoms with Gasteiger partial charge in [-0.25, -0.2) is 0 Å². The first kappa shape index (κ1) is 25.6. The Labute approximate surface area is 217 Å². The van der Waals surface area contributed by atoms with Crippen LogP contribution in [0.25, 0.3) is 11.3 Å². The molecule has 7 nitrogen and oxygen atoms in total. The van der Waals surface area contributed by atoms with E-state index in [0.29, 0.717) is 36.8 Å². The Morgan fingerprint density at radius 3 is 2.44 bits per heavy atom. The fraction of sp³-hybridized carbons (Fsp3) is 0.357. The molecule has 1 saturated heterocycles. The molecule has 2 amide bonds. The van der Waals surface area contributed by atoms with E-state index < -0.39 is 0 Å². The van der Waals surface area contributed by atoms with Crippen molar-refractivity contribution in [3.63, 3.8) is 0 Å². The highest BCUT2D eigenvalue weighted by Gasteiger charge is 2.25. The molecule has 0 spiro atoms. The number of hydrogen-bond donors (Lipinski definition) is 0. The number of rotatable bonds is 7. The van der Waals surface area contributed by atoms with Gasteiger partial charge in [0.15, 0.2) is 5.82 Å². The van der Waals surface area contributed by atoms with Gasteiger partial charge >= 0.3 is 0 Å². The van der Waals surface area contributed by atoms with Gasteiger partial charge in [-0.1, -0.05) is 54.9 Å². The monoisotopic (exact) mass is 505 g/mol. The molecule has 0 N–H and O–H groups in total. The van der Waals surface area contributed by atoms with Crippen molar-refractivity contribution in [1.29, 1.82) is 0 Å². The van der Waals surface area contributed by atoms with Crippen molar-refractivity contribution in [3.05, 3.63) is 76.8 Å². The number of hydrogen-bond acceptors (Lipinski definition) is 5. The summed E-state index contributed by atoms with van der Waals surface area (Å²) in [5.41, 5.74) is 3.15. The smallest absolute Gasteiger partial charge is 0.254 e. The van der Waals surface area contributed by atoms with Crippen molar-refractivity contribution in [2.75, 3.05) is 44.2 Å². The Balaban J connectivity index is 1.38. The molecule has 0 unspecified atom stereocenters. The molecule has 0 bridgehead atoms. The van der Waals surface area contributed by atoms with Crippen molar-refractivity contribution in [1.82, 2.24) is 20.0 Å². The molecule has 0 radical (unpaired) electrons. The normalized spacial score (nSPS) is 13.9. The van der Waals surface area contributed by atoms with Gasteiger partial charge in [0, 0.05) is 43.9 Å². The first-order chi connectivity index (χ1) is 17.5. The van der Waals surface area contributed by atoms with Gasteiger partial charge in [-0.15, -0.1) is 10.2 Å². The zero-order chi connectivity index (χ0) is 25.5. The van der Waals surface area contributed by atoms with Crippen LogP contribution in [-0.4, -0.2) is 71.1 Å². The third-order valence-corrected chi connectivity index (χ3v) is 6.78. The molecule has 188 valence electrons. The summed E-state index contributed by atoms with van der Waals surface area (Å²) in [5, 5.41) is 9.45. The summed E-state index contributed by atoms with van der Waals surface area (Å²) in [7, 11) is 0. The van der Waals surface area contributed by atoms with Gasteiger partial charge in [0.25, 0.3) is 5.91 Å². The number of benzene rings is 2. The Hall–Kier alpha value is -3.45. The minimum atomic E-state index is -0.0892. The van der Waals surface area contributed by atoms with Gasteiger partial charge in [0.1, 0.15) is 6.54 Å². The summed E-state index contributed by atoms with van der Waals surface area (Å²) in [6.07, 6.45) is 1.61. The lowest BCUT2D eigenvalue weighted by atomic mass is 10.1. The van der Waals surface area contributed by atoms with Gasteiger partial charge in [0.2, 0.25) is 5.91 Å². The second kappa shape index (κ2) is 12.0. The van der Waals surface area contributed by atoms with E-state index in [0.717, 1.165) is 42.0 Å². The fourth-order valence-electron chi connectivity index (χ4n) is 4.47. The van der Waals surface area contributed by atoms with Crippen molar-refractivity contribution in [2.45, 2.75) is 26.7 Å². The van der Waals surface area contributed by atoms with Crippen LogP contribution in [0.1, 0.15) is 35.7 Å². The Morgan fingerprint density at radius 2 is 1.72 bits per heavy atom. The lowest BCUT2D eigenvalue weighted by Crippen LogP contribution is -2.44. The summed E-state index contributed by atoms with van der Waals surface area (Å²) in [6, 6.07) is 19.0. The lowest BCUT2D eigenvalue weighted by molar-refractivity contribution is -0.131. The van der Waals surface area contributed by atoms with E-state index in [1.54, 1.807) is 4.90 Å². The first-order valence-corrected chi connectivity index (χ1v) is 12.8. The molecule has 36 heavy (non-hydrogen) atoms. The van der Waals surface area contributed by atoms with Crippen LogP contribution in [0.4, 0.5) is 5.82 Å². The van der Waals surface area contributed by atoms with E-state index in [2.05, 4.69) is 15.1 Å². The number of carbonyl (C=O) groups is 2. The molecule has 2 heterocycles. The zero-order valence-corrected chi connectivity index (χ0v) is 21.6. The largest absolute Gasteiger partial charge is 0.353 e. The van der Waals surface area contributed by atoms with Crippen molar-refractivity contribution < 1.29 is 9.59 Å². The Bertz CT molecular complexity index is 1200. The van der Waals surface area contributed by atoms with Crippen LogP contribution in [0.2, 0.25) is 5.02 Å². The molecule has 1 aromatic heterocycles. The number of aryl methyl sites for hydroxylation is 1. The van der Waals surface area contributed by atoms with Crippen LogP contribution in [0.5, 0.6) is 0 Å². The SMILES string of the molecule is CCCN(CC(=O)N1CCCN(c2ccc(-c3ccccc3Cl)nn2)CC1)C(=O)c1ccccc1C. The molecule has 0 saturated carbocycles. The Morgan fingerprint density at radius 1 is 0.944 bits per heavy atom. The first-order valence-electron chi connectivity index (χ1n) is 12.4. The minimum absolute atomic E-state index is 0.0209. The van der Waals surface area contributed by atoms with E-state index in [1.165, 1.54) is 0 Å². The molecule has 2 aromatic carbocycles. The van der Waals surface area contributed by atoms with E-state index in [1.807, 2.05) is 79.4 Å². The average molecular weight is 506 g/mol. The van der Waals surface area contributed by atoms with Crippen molar-refractivity contribution in [3.8, 4) is 11.3 Å². The highest BCUT2D eigenvalue weighted by atomic mass is 35.5. The third-order valence-electron chi connectivity index (χ3n) is 6.46. The maximum atomic E-state index is 13.2. The van der Waals surface area contributed by atoms with Gasteiger partial charge in [0.05, 0.1) is 10.7 Å². The van der Waals surface area contributed by atoms with E-state index in [9.17, 15) is 9.59 Å². The molecular weight excluding hydrogens is 474 g/mol. The molecule has 1 aliphatic rings. The number of nitrogens with zero attached hydrogens (tertiary/aromatic N) is 5. The second-order valence-corrected chi connectivity index (χ2v) is 9.43. The van der Waals surface area contributed by atoms with Crippen LogP contribution in [-0.2, 0) is 4.79 Å². The topological polar surface area (TPSA) is 69.6 Å². The van der Waals surface area contributed by atoms with Gasteiger partial charge < -0.3 is 14.7 Å². The summed E-state index contributed by atoms with van der Waals surface area (Å²) in [4.78, 5) is 32.0. The number of anilines is 1. The van der Waals surface area contributed by atoms with Gasteiger partial charge in [-0.2, -0.15) is 0 Å². The van der Waals surface area contributed by atoms with Crippen molar-refractivity contribution >= 4 is 29.2 Å². The zero-order valence-electron chi connectivity index (χ0n) is 20.9. The quantitative estimate of drug-likeness (QED) is 0.465. The molecule has 0 atom stereocenters. The molecule has 3 aromatic rings. The van der Waals surface area contributed by atoms with Gasteiger partial charge in [-0.05, 0) is 49.6 Å². The van der Waals surface area contributed by atoms with E-state index >= 15 is 0 Å². The number of carbonyl (C=O) groups excluding carboxylic acids is 2. The average Bonchev–Trinajstić information content (AvgIpc) is 3.15.